The Balaban J connectivity index is 1.40. The lowest BCUT2D eigenvalue weighted by atomic mass is 10.1. The molecule has 0 fully saturated rings. The molecular weight excluding hydrogens is 476 g/mol. The molecule has 0 spiro atoms. The lowest BCUT2D eigenvalue weighted by molar-refractivity contribution is -0.147. The van der Waals surface area contributed by atoms with Crippen molar-refractivity contribution in [3.05, 3.63) is 71.8 Å². The zero-order valence-electron chi connectivity index (χ0n) is 21.3. The molecule has 0 saturated heterocycles. The summed E-state index contributed by atoms with van der Waals surface area (Å²) in [6.45, 7) is 3.52. The third kappa shape index (κ3) is 8.57. The zero-order valence-corrected chi connectivity index (χ0v) is 21.3. The number of carbonyl (C=O) groups excluding carboxylic acids is 3. The van der Waals surface area contributed by atoms with E-state index in [2.05, 4.69) is 16.7 Å². The summed E-state index contributed by atoms with van der Waals surface area (Å²) in [6.07, 6.45) is -0.257. The molecule has 9 heteroatoms. The third-order valence-electron chi connectivity index (χ3n) is 5.17. The van der Waals surface area contributed by atoms with Crippen LogP contribution in [0.2, 0.25) is 0 Å². The van der Waals surface area contributed by atoms with Gasteiger partial charge in [0.05, 0.1) is 26.3 Å². The molecule has 0 unspecified atom stereocenters. The molecule has 0 aliphatic heterocycles. The average Bonchev–Trinajstić information content (AvgIpc) is 2.87. The molecule has 0 aliphatic carbocycles. The van der Waals surface area contributed by atoms with Crippen LogP contribution in [0.1, 0.15) is 24.0 Å². The number of carbonyl (C=O) groups is 3. The Hall–Kier alpha value is -4.53. The molecule has 0 atom stereocenters. The molecule has 3 aromatic carbocycles. The fraction of sp³-hybridized carbons (Fsp3) is 0.250. The first-order valence-electron chi connectivity index (χ1n) is 11.6. The topological polar surface area (TPSA) is 112 Å². The number of esters is 1. The molecule has 0 saturated carbocycles. The number of hydrogen-bond donors (Lipinski definition) is 2. The molecular formula is C28H30N2O7. The van der Waals surface area contributed by atoms with Gasteiger partial charge in [0.15, 0.2) is 6.61 Å². The van der Waals surface area contributed by atoms with E-state index in [4.69, 9.17) is 18.9 Å². The third-order valence-corrected chi connectivity index (χ3v) is 5.17. The molecule has 0 aromatic heterocycles. The second-order valence-electron chi connectivity index (χ2n) is 8.27. The number of ether oxygens (including phenoxy) is 4. The van der Waals surface area contributed by atoms with Gasteiger partial charge in [-0.1, -0.05) is 6.07 Å². The fourth-order valence-corrected chi connectivity index (χ4v) is 3.48. The van der Waals surface area contributed by atoms with Crippen molar-refractivity contribution in [1.82, 2.24) is 0 Å². The second kappa shape index (κ2) is 13.0. The highest BCUT2D eigenvalue weighted by Gasteiger charge is 2.13. The minimum Gasteiger partial charge on any atom is -0.497 e. The highest BCUT2D eigenvalue weighted by Crippen LogP contribution is 2.29. The number of benzene rings is 3. The van der Waals surface area contributed by atoms with E-state index in [9.17, 15) is 14.4 Å². The minimum atomic E-state index is -0.663. The van der Waals surface area contributed by atoms with Crippen molar-refractivity contribution in [2.75, 3.05) is 31.5 Å². The van der Waals surface area contributed by atoms with E-state index in [0.717, 1.165) is 16.9 Å². The Morgan fingerprint density at radius 3 is 2.03 bits per heavy atom. The van der Waals surface area contributed by atoms with E-state index in [1.807, 2.05) is 26.0 Å². The van der Waals surface area contributed by atoms with E-state index >= 15 is 0 Å². The summed E-state index contributed by atoms with van der Waals surface area (Å²) >= 11 is 0. The predicted octanol–water partition coefficient (Wildman–Crippen LogP) is 5.01. The number of nitrogens with one attached hydrogen (secondary N) is 2. The molecule has 9 nitrogen and oxygen atoms in total. The summed E-state index contributed by atoms with van der Waals surface area (Å²) < 4.78 is 21.2. The summed E-state index contributed by atoms with van der Waals surface area (Å²) in [5, 5.41) is 5.32. The van der Waals surface area contributed by atoms with Crippen LogP contribution in [0.5, 0.6) is 23.0 Å². The minimum absolute atomic E-state index is 0.0897. The number of aryl methyl sites for hydroxylation is 2. The van der Waals surface area contributed by atoms with Crippen molar-refractivity contribution >= 4 is 29.2 Å². The summed E-state index contributed by atoms with van der Waals surface area (Å²) in [7, 11) is 2.98. The van der Waals surface area contributed by atoms with Crippen LogP contribution >= 0.6 is 0 Å². The monoisotopic (exact) mass is 506 g/mol. The predicted molar refractivity (Wildman–Crippen MR) is 139 cm³/mol. The van der Waals surface area contributed by atoms with Crippen LogP contribution in [-0.4, -0.2) is 38.6 Å². The van der Waals surface area contributed by atoms with Crippen LogP contribution in [0.15, 0.2) is 60.7 Å². The maximum Gasteiger partial charge on any atom is 0.306 e. The molecule has 2 amide bonds. The van der Waals surface area contributed by atoms with E-state index in [-0.39, 0.29) is 18.7 Å². The van der Waals surface area contributed by atoms with Crippen LogP contribution < -0.4 is 24.8 Å². The quantitative estimate of drug-likeness (QED) is 0.352. The van der Waals surface area contributed by atoms with Crippen molar-refractivity contribution in [2.24, 2.45) is 0 Å². The molecule has 2 N–H and O–H groups in total. The van der Waals surface area contributed by atoms with Crippen LogP contribution in [0.3, 0.4) is 0 Å². The average molecular weight is 507 g/mol. The smallest absolute Gasteiger partial charge is 0.306 e. The van der Waals surface area contributed by atoms with Crippen molar-refractivity contribution < 1.29 is 33.3 Å². The van der Waals surface area contributed by atoms with E-state index in [0.29, 0.717) is 28.6 Å². The van der Waals surface area contributed by atoms with Gasteiger partial charge in [0.25, 0.3) is 5.91 Å². The number of anilines is 2. The van der Waals surface area contributed by atoms with Crippen LogP contribution in [0, 0.1) is 13.8 Å². The standard InChI is InChI=1S/C28H30N2O7/c1-18-13-19(2)15-23(14-18)37-21-7-5-20(6-8-21)29-26(31)11-12-28(33)36-17-27(32)30-24-10-9-22(34-3)16-25(24)35-4/h5-10,13-16H,11-12,17H2,1-4H3,(H,29,31)(H,30,32). The molecule has 3 rings (SSSR count). The molecule has 194 valence electrons. The van der Waals surface area contributed by atoms with Crippen molar-refractivity contribution in [1.29, 1.82) is 0 Å². The maximum atomic E-state index is 12.2. The molecule has 0 radical (unpaired) electrons. The Morgan fingerprint density at radius 1 is 0.703 bits per heavy atom. The molecule has 37 heavy (non-hydrogen) atoms. The van der Waals surface area contributed by atoms with Gasteiger partial charge in [-0.3, -0.25) is 14.4 Å². The van der Waals surface area contributed by atoms with Crippen molar-refractivity contribution in [2.45, 2.75) is 26.7 Å². The number of rotatable bonds is 11. The normalized spacial score (nSPS) is 10.3. The van der Waals surface area contributed by atoms with Crippen molar-refractivity contribution in [3.63, 3.8) is 0 Å². The molecule has 0 heterocycles. The number of hydrogen-bond acceptors (Lipinski definition) is 7. The summed E-state index contributed by atoms with van der Waals surface area (Å²) in [6, 6.07) is 17.8. The van der Waals surface area contributed by atoms with Gasteiger partial charge in [-0.15, -0.1) is 0 Å². The largest absolute Gasteiger partial charge is 0.497 e. The second-order valence-corrected chi connectivity index (χ2v) is 8.27. The number of amides is 2. The summed E-state index contributed by atoms with van der Waals surface area (Å²) in [5.41, 5.74) is 3.19. The van der Waals surface area contributed by atoms with Gasteiger partial charge in [0.1, 0.15) is 23.0 Å². The lowest BCUT2D eigenvalue weighted by Gasteiger charge is -2.12. The highest BCUT2D eigenvalue weighted by molar-refractivity contribution is 5.95. The number of methoxy groups -OCH3 is 2. The van der Waals surface area contributed by atoms with Gasteiger partial charge >= 0.3 is 5.97 Å². The van der Waals surface area contributed by atoms with Crippen molar-refractivity contribution in [3.8, 4) is 23.0 Å². The van der Waals surface area contributed by atoms with Crippen LogP contribution in [0.4, 0.5) is 11.4 Å². The first kappa shape index (κ1) is 27.1. The fourth-order valence-electron chi connectivity index (χ4n) is 3.48. The Bertz CT molecular complexity index is 1240. The van der Waals surface area contributed by atoms with Gasteiger partial charge < -0.3 is 29.6 Å². The van der Waals surface area contributed by atoms with Gasteiger partial charge in [-0.05, 0) is 73.5 Å². The van der Waals surface area contributed by atoms with E-state index in [1.54, 1.807) is 42.5 Å². The van der Waals surface area contributed by atoms with E-state index < -0.39 is 18.5 Å². The van der Waals surface area contributed by atoms with Gasteiger partial charge in [-0.25, -0.2) is 0 Å². The Morgan fingerprint density at radius 2 is 1.38 bits per heavy atom. The molecule has 3 aromatic rings. The molecule has 0 aliphatic rings. The molecule has 0 bridgehead atoms. The first-order valence-corrected chi connectivity index (χ1v) is 11.6. The highest BCUT2D eigenvalue weighted by atomic mass is 16.5. The van der Waals surface area contributed by atoms with Gasteiger partial charge in [0, 0.05) is 18.2 Å². The maximum absolute atomic E-state index is 12.2. The first-order chi connectivity index (χ1) is 17.7. The lowest BCUT2D eigenvalue weighted by Crippen LogP contribution is -2.22. The Labute approximate surface area is 215 Å². The van der Waals surface area contributed by atoms with Crippen LogP contribution in [0.25, 0.3) is 0 Å². The zero-order chi connectivity index (χ0) is 26.8. The van der Waals surface area contributed by atoms with E-state index in [1.165, 1.54) is 14.2 Å². The summed E-state index contributed by atoms with van der Waals surface area (Å²) in [5.74, 6) is 0.796. The SMILES string of the molecule is COc1ccc(NC(=O)COC(=O)CCC(=O)Nc2ccc(Oc3cc(C)cc(C)c3)cc2)c(OC)c1. The van der Waals surface area contributed by atoms with Crippen LogP contribution in [-0.2, 0) is 19.1 Å². The summed E-state index contributed by atoms with van der Waals surface area (Å²) in [4.78, 5) is 36.3. The van der Waals surface area contributed by atoms with Gasteiger partial charge in [-0.2, -0.15) is 0 Å². The van der Waals surface area contributed by atoms with Gasteiger partial charge in [0.2, 0.25) is 5.91 Å². The Kier molecular flexibility index (Phi) is 9.48.